The van der Waals surface area contributed by atoms with Gasteiger partial charge in [-0.25, -0.2) is 0 Å². The third-order valence-electron chi connectivity index (χ3n) is 1.59. The minimum atomic E-state index is -0.0833. The molecular weight excluding hydrogens is 142 g/mol. The van der Waals surface area contributed by atoms with Crippen LogP contribution < -0.4 is 5.32 Å². The molecule has 0 spiro atoms. The number of hydrogen-bond donors (Lipinski definition) is 1. The van der Waals surface area contributed by atoms with Crippen LogP contribution >= 0.6 is 0 Å². The SMILES string of the molecule is CC.COC(=O)C1CCNC1. The molecule has 11 heavy (non-hydrogen) atoms. The first-order chi connectivity index (χ1) is 5.34. The van der Waals surface area contributed by atoms with E-state index in [1.54, 1.807) is 0 Å². The Hall–Kier alpha value is -0.570. The summed E-state index contributed by atoms with van der Waals surface area (Å²) in [5.74, 6) is 0.0231. The fourth-order valence-electron chi connectivity index (χ4n) is 1.02. The predicted molar refractivity (Wildman–Crippen MR) is 44.3 cm³/mol. The average Bonchev–Trinajstić information content (AvgIpc) is 2.59. The summed E-state index contributed by atoms with van der Waals surface area (Å²) in [6, 6.07) is 0. The molecule has 1 aliphatic heterocycles. The van der Waals surface area contributed by atoms with Gasteiger partial charge >= 0.3 is 5.97 Å². The maximum atomic E-state index is 10.8. The molecule has 1 aliphatic rings. The van der Waals surface area contributed by atoms with E-state index in [1.165, 1.54) is 7.11 Å². The normalized spacial score (nSPS) is 21.9. The standard InChI is InChI=1S/C6H11NO2.C2H6/c1-9-6(8)5-2-3-7-4-5;1-2/h5,7H,2-4H2,1H3;1-2H3. The zero-order valence-electron chi connectivity index (χ0n) is 7.52. The molecule has 1 unspecified atom stereocenters. The Morgan fingerprint density at radius 3 is 2.55 bits per heavy atom. The van der Waals surface area contributed by atoms with Crippen LogP contribution in [0.3, 0.4) is 0 Å². The summed E-state index contributed by atoms with van der Waals surface area (Å²) in [6.45, 7) is 5.73. The first-order valence-corrected chi connectivity index (χ1v) is 4.13. The van der Waals surface area contributed by atoms with Crippen LogP contribution in [0, 0.1) is 5.92 Å². The molecule has 1 rings (SSSR count). The topological polar surface area (TPSA) is 38.3 Å². The average molecular weight is 159 g/mol. The Kier molecular flexibility index (Phi) is 5.84. The Labute approximate surface area is 68.1 Å². The molecule has 3 nitrogen and oxygen atoms in total. The highest BCUT2D eigenvalue weighted by molar-refractivity contribution is 5.72. The molecule has 0 bridgehead atoms. The second-order valence-corrected chi connectivity index (χ2v) is 2.21. The van der Waals surface area contributed by atoms with Crippen LogP contribution in [0.15, 0.2) is 0 Å². The van der Waals surface area contributed by atoms with Crippen molar-refractivity contribution >= 4 is 5.97 Å². The summed E-state index contributed by atoms with van der Waals surface area (Å²) in [4.78, 5) is 10.8. The smallest absolute Gasteiger partial charge is 0.309 e. The van der Waals surface area contributed by atoms with E-state index in [0.717, 1.165) is 19.5 Å². The van der Waals surface area contributed by atoms with Gasteiger partial charge in [0, 0.05) is 6.54 Å². The third-order valence-corrected chi connectivity index (χ3v) is 1.59. The maximum Gasteiger partial charge on any atom is 0.309 e. The highest BCUT2D eigenvalue weighted by Gasteiger charge is 2.22. The zero-order chi connectivity index (χ0) is 8.69. The number of esters is 1. The minimum Gasteiger partial charge on any atom is -0.469 e. The van der Waals surface area contributed by atoms with Gasteiger partial charge in [-0.15, -0.1) is 0 Å². The molecule has 66 valence electrons. The predicted octanol–water partition coefficient (Wildman–Crippen LogP) is 0.795. The molecule has 3 heteroatoms. The Bertz CT molecular complexity index is 109. The number of nitrogens with one attached hydrogen (secondary N) is 1. The Morgan fingerprint density at radius 2 is 2.18 bits per heavy atom. The summed E-state index contributed by atoms with van der Waals surface area (Å²) >= 11 is 0. The van der Waals surface area contributed by atoms with Gasteiger partial charge in [-0.05, 0) is 13.0 Å². The quantitative estimate of drug-likeness (QED) is 0.575. The van der Waals surface area contributed by atoms with E-state index in [0.29, 0.717) is 0 Å². The van der Waals surface area contributed by atoms with E-state index in [2.05, 4.69) is 10.1 Å². The molecule has 1 fully saturated rings. The van der Waals surface area contributed by atoms with Crippen LogP contribution in [-0.4, -0.2) is 26.2 Å². The molecule has 0 saturated carbocycles. The maximum absolute atomic E-state index is 10.8. The van der Waals surface area contributed by atoms with Crippen molar-refractivity contribution in [2.45, 2.75) is 20.3 Å². The molecule has 0 aromatic carbocycles. The molecule has 0 aromatic heterocycles. The summed E-state index contributed by atoms with van der Waals surface area (Å²) in [7, 11) is 1.43. The largest absolute Gasteiger partial charge is 0.469 e. The first kappa shape index (κ1) is 10.4. The van der Waals surface area contributed by atoms with Crippen LogP contribution in [0.5, 0.6) is 0 Å². The second kappa shape index (κ2) is 6.16. The van der Waals surface area contributed by atoms with Crippen molar-refractivity contribution in [1.82, 2.24) is 5.32 Å². The van der Waals surface area contributed by atoms with Crippen molar-refractivity contribution in [3.05, 3.63) is 0 Å². The van der Waals surface area contributed by atoms with E-state index < -0.39 is 0 Å². The lowest BCUT2D eigenvalue weighted by atomic mass is 10.1. The third kappa shape index (κ3) is 3.37. The molecule has 0 aromatic rings. The van der Waals surface area contributed by atoms with Crippen molar-refractivity contribution < 1.29 is 9.53 Å². The first-order valence-electron chi connectivity index (χ1n) is 4.13. The lowest BCUT2D eigenvalue weighted by Gasteiger charge is -2.02. The molecule has 1 saturated heterocycles. The summed E-state index contributed by atoms with van der Waals surface area (Å²) < 4.78 is 4.56. The number of carbonyl (C=O) groups is 1. The number of rotatable bonds is 1. The van der Waals surface area contributed by atoms with E-state index >= 15 is 0 Å². The molecule has 1 heterocycles. The van der Waals surface area contributed by atoms with Gasteiger partial charge in [0.25, 0.3) is 0 Å². The van der Waals surface area contributed by atoms with Crippen LogP contribution in [0.4, 0.5) is 0 Å². The van der Waals surface area contributed by atoms with Crippen LogP contribution in [0.2, 0.25) is 0 Å². The summed E-state index contributed by atoms with van der Waals surface area (Å²) in [6.07, 6.45) is 0.923. The van der Waals surface area contributed by atoms with Crippen molar-refractivity contribution in [3.8, 4) is 0 Å². The van der Waals surface area contributed by atoms with E-state index in [1.807, 2.05) is 13.8 Å². The lowest BCUT2D eigenvalue weighted by Crippen LogP contribution is -2.18. The number of methoxy groups -OCH3 is 1. The number of ether oxygens (including phenoxy) is 1. The van der Waals surface area contributed by atoms with E-state index in [4.69, 9.17) is 0 Å². The zero-order valence-corrected chi connectivity index (χ0v) is 7.52. The van der Waals surface area contributed by atoms with Gasteiger partial charge in [0.15, 0.2) is 0 Å². The van der Waals surface area contributed by atoms with Crippen LogP contribution in [0.25, 0.3) is 0 Å². The summed E-state index contributed by atoms with van der Waals surface area (Å²) in [5, 5.41) is 3.09. The van der Waals surface area contributed by atoms with Crippen molar-refractivity contribution in [2.24, 2.45) is 5.92 Å². The minimum absolute atomic E-state index is 0.0833. The van der Waals surface area contributed by atoms with E-state index in [-0.39, 0.29) is 11.9 Å². The second-order valence-electron chi connectivity index (χ2n) is 2.21. The lowest BCUT2D eigenvalue weighted by molar-refractivity contribution is -0.144. The fourth-order valence-corrected chi connectivity index (χ4v) is 1.02. The van der Waals surface area contributed by atoms with Crippen LogP contribution in [-0.2, 0) is 9.53 Å². The van der Waals surface area contributed by atoms with Crippen LogP contribution in [0.1, 0.15) is 20.3 Å². The Balaban J connectivity index is 0.000000461. The van der Waals surface area contributed by atoms with Gasteiger partial charge in [0.2, 0.25) is 0 Å². The highest BCUT2D eigenvalue weighted by atomic mass is 16.5. The van der Waals surface area contributed by atoms with Gasteiger partial charge in [0.1, 0.15) is 0 Å². The van der Waals surface area contributed by atoms with Gasteiger partial charge in [-0.1, -0.05) is 13.8 Å². The van der Waals surface area contributed by atoms with Gasteiger partial charge in [0.05, 0.1) is 13.0 Å². The molecule has 1 atom stereocenters. The molecular formula is C8H17NO2. The summed E-state index contributed by atoms with van der Waals surface area (Å²) in [5.41, 5.74) is 0. The monoisotopic (exact) mass is 159 g/mol. The van der Waals surface area contributed by atoms with Gasteiger partial charge < -0.3 is 10.1 Å². The number of carbonyl (C=O) groups excluding carboxylic acids is 1. The number of hydrogen-bond acceptors (Lipinski definition) is 3. The highest BCUT2D eigenvalue weighted by Crippen LogP contribution is 2.07. The van der Waals surface area contributed by atoms with Crippen molar-refractivity contribution in [2.75, 3.05) is 20.2 Å². The molecule has 0 aliphatic carbocycles. The fraction of sp³-hybridized carbons (Fsp3) is 0.875. The van der Waals surface area contributed by atoms with Gasteiger partial charge in [-0.2, -0.15) is 0 Å². The van der Waals surface area contributed by atoms with Crippen molar-refractivity contribution in [3.63, 3.8) is 0 Å². The molecule has 1 N–H and O–H groups in total. The molecule has 0 amide bonds. The molecule has 0 radical (unpaired) electrons. The van der Waals surface area contributed by atoms with E-state index in [9.17, 15) is 4.79 Å². The van der Waals surface area contributed by atoms with Crippen molar-refractivity contribution in [1.29, 1.82) is 0 Å². The Morgan fingerprint density at radius 1 is 1.55 bits per heavy atom. The van der Waals surface area contributed by atoms with Gasteiger partial charge in [-0.3, -0.25) is 4.79 Å².